The van der Waals surface area contributed by atoms with Gasteiger partial charge in [0.2, 0.25) is 0 Å². The first-order chi connectivity index (χ1) is 9.31. The van der Waals surface area contributed by atoms with Crippen molar-refractivity contribution in [2.75, 3.05) is 13.2 Å². The maximum absolute atomic E-state index is 5.73. The second kappa shape index (κ2) is 4.91. The predicted molar refractivity (Wildman–Crippen MR) is 69.8 cm³/mol. The zero-order valence-corrected chi connectivity index (χ0v) is 10.7. The SMILES string of the molecule is Cn1nccc1C(NN)c1cccc2c1OCCO2. The Hall–Kier alpha value is -2.05. The quantitative estimate of drug-likeness (QED) is 0.629. The molecule has 0 spiro atoms. The van der Waals surface area contributed by atoms with E-state index >= 15 is 0 Å². The van der Waals surface area contributed by atoms with Crippen LogP contribution >= 0.6 is 0 Å². The largest absolute Gasteiger partial charge is 0.486 e. The number of nitrogens with zero attached hydrogens (tertiary/aromatic N) is 2. The van der Waals surface area contributed by atoms with Gasteiger partial charge in [-0.25, -0.2) is 5.43 Å². The molecule has 1 aromatic carbocycles. The maximum Gasteiger partial charge on any atom is 0.166 e. The van der Waals surface area contributed by atoms with E-state index in [4.69, 9.17) is 15.3 Å². The first-order valence-electron chi connectivity index (χ1n) is 6.14. The fraction of sp³-hybridized carbons (Fsp3) is 0.308. The third-order valence-corrected chi connectivity index (χ3v) is 3.23. The fourth-order valence-corrected chi connectivity index (χ4v) is 2.33. The highest BCUT2D eigenvalue weighted by Crippen LogP contribution is 2.38. The Morgan fingerprint density at radius 1 is 1.32 bits per heavy atom. The minimum absolute atomic E-state index is 0.191. The van der Waals surface area contributed by atoms with Crippen molar-refractivity contribution in [3.8, 4) is 11.5 Å². The first kappa shape index (κ1) is 12.0. The number of ether oxygens (including phenoxy) is 2. The number of hydrazine groups is 1. The number of aromatic nitrogens is 2. The van der Waals surface area contributed by atoms with E-state index in [1.54, 1.807) is 10.9 Å². The third kappa shape index (κ3) is 2.05. The van der Waals surface area contributed by atoms with Gasteiger partial charge in [-0.1, -0.05) is 12.1 Å². The number of nitrogens with one attached hydrogen (secondary N) is 1. The number of hydrogen-bond donors (Lipinski definition) is 2. The molecule has 100 valence electrons. The number of nitrogens with two attached hydrogens (primary N) is 1. The smallest absolute Gasteiger partial charge is 0.166 e. The van der Waals surface area contributed by atoms with Gasteiger partial charge in [0.05, 0.1) is 11.7 Å². The second-order valence-electron chi connectivity index (χ2n) is 4.35. The highest BCUT2D eigenvalue weighted by Gasteiger charge is 2.24. The van der Waals surface area contributed by atoms with Gasteiger partial charge >= 0.3 is 0 Å². The Bertz CT molecular complexity index is 582. The molecule has 0 saturated heterocycles. The molecule has 2 aromatic rings. The molecule has 0 fully saturated rings. The summed E-state index contributed by atoms with van der Waals surface area (Å²) in [7, 11) is 1.88. The van der Waals surface area contributed by atoms with Crippen molar-refractivity contribution in [3.63, 3.8) is 0 Å². The van der Waals surface area contributed by atoms with E-state index in [0.717, 1.165) is 22.8 Å². The summed E-state index contributed by atoms with van der Waals surface area (Å²) in [5, 5.41) is 4.17. The summed E-state index contributed by atoms with van der Waals surface area (Å²) in [5.41, 5.74) is 4.73. The Morgan fingerprint density at radius 2 is 2.16 bits per heavy atom. The lowest BCUT2D eigenvalue weighted by Crippen LogP contribution is -2.31. The van der Waals surface area contributed by atoms with Crippen LogP contribution in [-0.4, -0.2) is 23.0 Å². The summed E-state index contributed by atoms with van der Waals surface area (Å²) in [6, 6.07) is 7.54. The predicted octanol–water partition coefficient (Wildman–Crippen LogP) is 0.744. The topological polar surface area (TPSA) is 74.3 Å². The molecule has 1 unspecified atom stereocenters. The lowest BCUT2D eigenvalue weighted by atomic mass is 10.0. The fourth-order valence-electron chi connectivity index (χ4n) is 2.33. The van der Waals surface area contributed by atoms with Crippen LogP contribution in [-0.2, 0) is 7.05 Å². The molecule has 2 heterocycles. The van der Waals surface area contributed by atoms with Gasteiger partial charge in [-0.05, 0) is 12.1 Å². The van der Waals surface area contributed by atoms with Crippen LogP contribution in [0.5, 0.6) is 11.5 Å². The van der Waals surface area contributed by atoms with Crippen LogP contribution in [0.15, 0.2) is 30.5 Å². The van der Waals surface area contributed by atoms with Crippen LogP contribution < -0.4 is 20.7 Å². The molecule has 0 radical (unpaired) electrons. The summed E-state index contributed by atoms with van der Waals surface area (Å²) < 4.78 is 13.1. The number of fused-ring (bicyclic) bond motifs is 1. The molecule has 1 aliphatic heterocycles. The van der Waals surface area contributed by atoms with Crippen LogP contribution in [0.4, 0.5) is 0 Å². The molecule has 0 saturated carbocycles. The summed E-state index contributed by atoms with van der Waals surface area (Å²) in [5.74, 6) is 7.21. The number of aryl methyl sites for hydroxylation is 1. The van der Waals surface area contributed by atoms with E-state index in [-0.39, 0.29) is 6.04 Å². The molecule has 6 nitrogen and oxygen atoms in total. The molecule has 1 aromatic heterocycles. The molecule has 1 atom stereocenters. The van der Waals surface area contributed by atoms with Crippen molar-refractivity contribution < 1.29 is 9.47 Å². The standard InChI is InChI=1S/C13H16N4O2/c1-17-10(5-6-15-17)12(16-14)9-3-2-4-11-13(9)19-8-7-18-11/h2-6,12,16H,7-8,14H2,1H3. The maximum atomic E-state index is 5.73. The van der Waals surface area contributed by atoms with Gasteiger partial charge in [-0.2, -0.15) is 5.10 Å². The zero-order chi connectivity index (χ0) is 13.2. The molecule has 0 amide bonds. The van der Waals surface area contributed by atoms with Crippen LogP contribution in [0.3, 0.4) is 0 Å². The van der Waals surface area contributed by atoms with Gasteiger partial charge in [0, 0.05) is 18.8 Å². The average molecular weight is 260 g/mol. The summed E-state index contributed by atoms with van der Waals surface area (Å²) in [6.45, 7) is 1.12. The van der Waals surface area contributed by atoms with E-state index in [0.29, 0.717) is 13.2 Å². The van der Waals surface area contributed by atoms with Crippen LogP contribution in [0.1, 0.15) is 17.3 Å². The summed E-state index contributed by atoms with van der Waals surface area (Å²) in [4.78, 5) is 0. The van der Waals surface area contributed by atoms with Crippen molar-refractivity contribution >= 4 is 0 Å². The van der Waals surface area contributed by atoms with E-state index in [1.807, 2.05) is 31.3 Å². The van der Waals surface area contributed by atoms with Gasteiger partial charge in [0.25, 0.3) is 0 Å². The van der Waals surface area contributed by atoms with Gasteiger partial charge in [-0.15, -0.1) is 0 Å². The molecular formula is C13H16N4O2. The van der Waals surface area contributed by atoms with Crippen LogP contribution in [0.25, 0.3) is 0 Å². The van der Waals surface area contributed by atoms with Gasteiger partial charge in [0.1, 0.15) is 13.2 Å². The van der Waals surface area contributed by atoms with Crippen molar-refractivity contribution in [2.45, 2.75) is 6.04 Å². The summed E-state index contributed by atoms with van der Waals surface area (Å²) >= 11 is 0. The van der Waals surface area contributed by atoms with Gasteiger partial charge < -0.3 is 9.47 Å². The molecule has 0 aliphatic carbocycles. The molecule has 0 bridgehead atoms. The normalized spacial score (nSPS) is 15.3. The van der Waals surface area contributed by atoms with Crippen molar-refractivity contribution in [2.24, 2.45) is 12.9 Å². The molecule has 19 heavy (non-hydrogen) atoms. The molecular weight excluding hydrogens is 244 g/mol. The Labute approximate surface area is 111 Å². The lowest BCUT2D eigenvalue weighted by molar-refractivity contribution is 0.169. The minimum atomic E-state index is -0.191. The number of rotatable bonds is 3. The van der Waals surface area contributed by atoms with Crippen LogP contribution in [0.2, 0.25) is 0 Å². The van der Waals surface area contributed by atoms with E-state index in [9.17, 15) is 0 Å². The molecule has 1 aliphatic rings. The monoisotopic (exact) mass is 260 g/mol. The zero-order valence-electron chi connectivity index (χ0n) is 10.7. The Balaban J connectivity index is 2.07. The van der Waals surface area contributed by atoms with Crippen LogP contribution in [0, 0.1) is 0 Å². The number of benzene rings is 1. The number of hydrogen-bond acceptors (Lipinski definition) is 5. The molecule has 3 rings (SSSR count). The number of para-hydroxylation sites is 1. The molecule has 6 heteroatoms. The third-order valence-electron chi connectivity index (χ3n) is 3.23. The first-order valence-corrected chi connectivity index (χ1v) is 6.14. The van der Waals surface area contributed by atoms with Crippen molar-refractivity contribution in [1.82, 2.24) is 15.2 Å². The van der Waals surface area contributed by atoms with Crippen molar-refractivity contribution in [1.29, 1.82) is 0 Å². The van der Waals surface area contributed by atoms with E-state index in [1.165, 1.54) is 0 Å². The highest BCUT2D eigenvalue weighted by atomic mass is 16.6. The van der Waals surface area contributed by atoms with E-state index < -0.39 is 0 Å². The Morgan fingerprint density at radius 3 is 2.89 bits per heavy atom. The van der Waals surface area contributed by atoms with Gasteiger partial charge in [0.15, 0.2) is 11.5 Å². The van der Waals surface area contributed by atoms with E-state index in [2.05, 4.69) is 10.5 Å². The highest BCUT2D eigenvalue weighted by molar-refractivity contribution is 5.50. The van der Waals surface area contributed by atoms with Crippen molar-refractivity contribution in [3.05, 3.63) is 41.7 Å². The average Bonchev–Trinajstić information content (AvgIpc) is 2.86. The molecule has 3 N–H and O–H groups in total. The minimum Gasteiger partial charge on any atom is -0.486 e. The lowest BCUT2D eigenvalue weighted by Gasteiger charge is -2.25. The Kier molecular flexibility index (Phi) is 3.10. The van der Waals surface area contributed by atoms with Gasteiger partial charge in [-0.3, -0.25) is 10.5 Å². The second-order valence-corrected chi connectivity index (χ2v) is 4.35. The summed E-state index contributed by atoms with van der Waals surface area (Å²) in [6.07, 6.45) is 1.74.